The molecule has 0 fully saturated rings. The summed E-state index contributed by atoms with van der Waals surface area (Å²) in [5.41, 5.74) is 0. The van der Waals surface area contributed by atoms with Gasteiger partial charge in [0.05, 0.1) is 0 Å². The third-order valence-electron chi connectivity index (χ3n) is 1.56. The van der Waals surface area contributed by atoms with Gasteiger partial charge in [0.2, 0.25) is 0 Å². The maximum Gasteiger partial charge on any atom is 0.0468 e. The normalized spacial score (nSPS) is 13.5. The maximum absolute atomic E-state index is 5.24. The minimum Gasteiger partial charge on any atom is -0.382 e. The largest absolute Gasteiger partial charge is 0.382 e. The third kappa shape index (κ3) is 6.56. The van der Waals surface area contributed by atoms with Gasteiger partial charge in [0, 0.05) is 18.5 Å². The highest BCUT2D eigenvalue weighted by atomic mass is 79.9. The molecule has 10 heavy (non-hydrogen) atoms. The lowest BCUT2D eigenvalue weighted by Crippen LogP contribution is -2.01. The van der Waals surface area contributed by atoms with Gasteiger partial charge < -0.3 is 4.74 Å². The molecule has 0 aliphatic rings. The van der Waals surface area contributed by atoms with Crippen molar-refractivity contribution < 1.29 is 4.74 Å². The summed E-state index contributed by atoms with van der Waals surface area (Å²) in [5.74, 6) is 0.797. The molecule has 0 rings (SSSR count). The van der Waals surface area contributed by atoms with E-state index < -0.39 is 0 Å². The number of rotatable bonds is 6. The van der Waals surface area contributed by atoms with Crippen LogP contribution >= 0.6 is 15.9 Å². The lowest BCUT2D eigenvalue weighted by atomic mass is 10.1. The molecule has 0 aromatic carbocycles. The molecule has 0 heterocycles. The van der Waals surface area contributed by atoms with Crippen molar-refractivity contribution in [3.8, 4) is 0 Å². The molecule has 0 N–H and O–H groups in total. The molecule has 0 aromatic rings. The highest BCUT2D eigenvalue weighted by molar-refractivity contribution is 9.09. The van der Waals surface area contributed by atoms with E-state index in [0.29, 0.717) is 0 Å². The molecule has 0 radical (unpaired) electrons. The summed E-state index contributed by atoms with van der Waals surface area (Å²) in [6.45, 7) is 6.07. The van der Waals surface area contributed by atoms with Crippen molar-refractivity contribution in [2.45, 2.75) is 26.7 Å². The van der Waals surface area contributed by atoms with Gasteiger partial charge in [0.15, 0.2) is 0 Å². The zero-order valence-electron chi connectivity index (χ0n) is 6.90. The summed E-state index contributed by atoms with van der Waals surface area (Å²) in [4.78, 5) is 0. The zero-order valence-corrected chi connectivity index (χ0v) is 8.49. The molecular formula is C8H17BrO. The van der Waals surface area contributed by atoms with Crippen molar-refractivity contribution in [3.05, 3.63) is 0 Å². The lowest BCUT2D eigenvalue weighted by molar-refractivity contribution is 0.134. The highest BCUT2D eigenvalue weighted by Crippen LogP contribution is 2.08. The number of hydrogen-bond donors (Lipinski definition) is 0. The minimum absolute atomic E-state index is 0.797. The monoisotopic (exact) mass is 208 g/mol. The number of ether oxygens (including phenoxy) is 1. The van der Waals surface area contributed by atoms with Crippen molar-refractivity contribution in [1.82, 2.24) is 0 Å². The zero-order chi connectivity index (χ0) is 7.82. The minimum atomic E-state index is 0.797. The van der Waals surface area contributed by atoms with Crippen LogP contribution in [0.3, 0.4) is 0 Å². The van der Waals surface area contributed by atoms with Gasteiger partial charge in [-0.15, -0.1) is 0 Å². The van der Waals surface area contributed by atoms with Crippen molar-refractivity contribution in [2.75, 3.05) is 18.5 Å². The molecule has 0 aromatic heterocycles. The quantitative estimate of drug-likeness (QED) is 0.482. The van der Waals surface area contributed by atoms with Crippen LogP contribution in [0.5, 0.6) is 0 Å². The average Bonchev–Trinajstić information content (AvgIpc) is 1.89. The van der Waals surface area contributed by atoms with E-state index in [0.717, 1.165) is 24.5 Å². The van der Waals surface area contributed by atoms with Crippen molar-refractivity contribution in [3.63, 3.8) is 0 Å². The molecule has 0 aliphatic carbocycles. The van der Waals surface area contributed by atoms with Crippen molar-refractivity contribution in [2.24, 2.45) is 5.92 Å². The first-order valence-electron chi connectivity index (χ1n) is 3.95. The Bertz CT molecular complexity index is 66.3. The number of halogens is 1. The van der Waals surface area contributed by atoms with Crippen LogP contribution < -0.4 is 0 Å². The van der Waals surface area contributed by atoms with Crippen LogP contribution in [0.4, 0.5) is 0 Å². The Morgan fingerprint density at radius 1 is 1.40 bits per heavy atom. The molecular weight excluding hydrogens is 192 g/mol. The van der Waals surface area contributed by atoms with Crippen LogP contribution in [-0.2, 0) is 4.74 Å². The molecule has 0 saturated heterocycles. The van der Waals surface area contributed by atoms with E-state index in [2.05, 4.69) is 22.9 Å². The van der Waals surface area contributed by atoms with Crippen LogP contribution in [0.2, 0.25) is 0 Å². The van der Waals surface area contributed by atoms with Gasteiger partial charge in [-0.3, -0.25) is 0 Å². The molecule has 0 amide bonds. The summed E-state index contributed by atoms with van der Waals surface area (Å²) in [5, 5.41) is 1.11. The summed E-state index contributed by atoms with van der Waals surface area (Å²) in [7, 11) is 0. The van der Waals surface area contributed by atoms with E-state index >= 15 is 0 Å². The first-order valence-corrected chi connectivity index (χ1v) is 5.07. The first kappa shape index (κ1) is 10.4. The fourth-order valence-electron chi connectivity index (χ4n) is 0.759. The molecule has 0 spiro atoms. The van der Waals surface area contributed by atoms with Crippen LogP contribution in [0.15, 0.2) is 0 Å². The molecule has 0 bridgehead atoms. The Morgan fingerprint density at radius 2 is 2.10 bits per heavy atom. The van der Waals surface area contributed by atoms with Gasteiger partial charge in [-0.25, -0.2) is 0 Å². The topological polar surface area (TPSA) is 9.23 Å². The van der Waals surface area contributed by atoms with E-state index in [9.17, 15) is 0 Å². The van der Waals surface area contributed by atoms with Gasteiger partial charge in [-0.05, 0) is 25.7 Å². The molecule has 62 valence electrons. The van der Waals surface area contributed by atoms with Gasteiger partial charge in [-0.2, -0.15) is 0 Å². The van der Waals surface area contributed by atoms with Crippen molar-refractivity contribution >= 4 is 15.9 Å². The number of alkyl halides is 1. The second-order valence-corrected chi connectivity index (χ2v) is 3.36. The Morgan fingerprint density at radius 3 is 2.60 bits per heavy atom. The first-order chi connectivity index (χ1) is 4.81. The Hall–Kier alpha value is 0.440. The van der Waals surface area contributed by atoms with E-state index in [1.165, 1.54) is 12.8 Å². The molecule has 0 saturated carbocycles. The Labute approximate surface area is 72.3 Å². The van der Waals surface area contributed by atoms with E-state index in [1.807, 2.05) is 6.92 Å². The van der Waals surface area contributed by atoms with Gasteiger partial charge in [-0.1, -0.05) is 22.9 Å². The third-order valence-corrected chi connectivity index (χ3v) is 2.02. The fourth-order valence-corrected chi connectivity index (χ4v) is 1.54. The van der Waals surface area contributed by atoms with Crippen LogP contribution in [0.1, 0.15) is 26.7 Å². The average molecular weight is 209 g/mol. The van der Waals surface area contributed by atoms with Gasteiger partial charge >= 0.3 is 0 Å². The second-order valence-electron chi connectivity index (χ2n) is 2.57. The number of hydrogen-bond acceptors (Lipinski definition) is 1. The van der Waals surface area contributed by atoms with Crippen LogP contribution in [0.25, 0.3) is 0 Å². The van der Waals surface area contributed by atoms with Gasteiger partial charge in [0.1, 0.15) is 0 Å². The molecule has 2 heteroatoms. The van der Waals surface area contributed by atoms with E-state index in [-0.39, 0.29) is 0 Å². The van der Waals surface area contributed by atoms with E-state index in [1.54, 1.807) is 0 Å². The summed E-state index contributed by atoms with van der Waals surface area (Å²) < 4.78 is 5.24. The van der Waals surface area contributed by atoms with E-state index in [4.69, 9.17) is 4.74 Å². The standard InChI is InChI=1S/C8H17BrO/c1-3-10-7-5-8(2)4-6-9/h8H,3-7H2,1-2H3. The molecule has 1 nitrogen and oxygen atoms in total. The fraction of sp³-hybridized carbons (Fsp3) is 1.00. The maximum atomic E-state index is 5.24. The van der Waals surface area contributed by atoms with Gasteiger partial charge in [0.25, 0.3) is 0 Å². The van der Waals surface area contributed by atoms with Crippen LogP contribution in [0, 0.1) is 5.92 Å². The SMILES string of the molecule is CCOCCC(C)CCBr. The lowest BCUT2D eigenvalue weighted by Gasteiger charge is -2.07. The Kier molecular flexibility index (Phi) is 7.88. The molecule has 1 atom stereocenters. The van der Waals surface area contributed by atoms with Crippen molar-refractivity contribution in [1.29, 1.82) is 0 Å². The predicted molar refractivity (Wildman–Crippen MR) is 48.7 cm³/mol. The smallest absolute Gasteiger partial charge is 0.0468 e. The molecule has 1 unspecified atom stereocenters. The van der Waals surface area contributed by atoms with Crippen LogP contribution in [-0.4, -0.2) is 18.5 Å². The predicted octanol–water partition coefficient (Wildman–Crippen LogP) is 2.83. The second kappa shape index (κ2) is 7.55. The summed E-state index contributed by atoms with van der Waals surface area (Å²) in [6, 6.07) is 0. The molecule has 0 aliphatic heterocycles. The Balaban J connectivity index is 2.97. The summed E-state index contributed by atoms with van der Waals surface area (Å²) in [6.07, 6.45) is 2.45. The summed E-state index contributed by atoms with van der Waals surface area (Å²) >= 11 is 3.42. The highest BCUT2D eigenvalue weighted by Gasteiger charge is 1.99.